The van der Waals surface area contributed by atoms with Gasteiger partial charge in [-0.2, -0.15) is 0 Å². The maximum atomic E-state index is 11.3. The SMILES string of the molecule is CC(=O)N1CCN(c2nc(-c3ccccc3)cs2)CC1. The van der Waals surface area contributed by atoms with Crippen molar-refractivity contribution in [3.05, 3.63) is 35.7 Å². The van der Waals surface area contributed by atoms with Gasteiger partial charge in [0, 0.05) is 44.0 Å². The third-order valence-electron chi connectivity index (χ3n) is 3.56. The van der Waals surface area contributed by atoms with Crippen LogP contribution in [-0.4, -0.2) is 42.0 Å². The van der Waals surface area contributed by atoms with Crippen LogP contribution in [0.3, 0.4) is 0 Å². The summed E-state index contributed by atoms with van der Waals surface area (Å²) in [7, 11) is 0. The van der Waals surface area contributed by atoms with Crippen LogP contribution in [-0.2, 0) is 4.79 Å². The number of rotatable bonds is 2. The van der Waals surface area contributed by atoms with Crippen molar-refractivity contribution in [2.75, 3.05) is 31.1 Å². The summed E-state index contributed by atoms with van der Waals surface area (Å²) in [6.45, 7) is 4.93. The number of anilines is 1. The van der Waals surface area contributed by atoms with Crippen LogP contribution < -0.4 is 4.90 Å². The Hall–Kier alpha value is -1.88. The topological polar surface area (TPSA) is 36.4 Å². The molecule has 1 aromatic carbocycles. The predicted octanol–water partition coefficient (Wildman–Crippen LogP) is 2.48. The van der Waals surface area contributed by atoms with Gasteiger partial charge in [0.05, 0.1) is 5.69 Å². The molecule has 0 unspecified atom stereocenters. The number of benzene rings is 1. The Morgan fingerprint density at radius 1 is 1.15 bits per heavy atom. The Kier molecular flexibility index (Phi) is 3.69. The lowest BCUT2D eigenvalue weighted by Crippen LogP contribution is -2.48. The van der Waals surface area contributed by atoms with Gasteiger partial charge in [0.25, 0.3) is 0 Å². The van der Waals surface area contributed by atoms with E-state index in [1.807, 2.05) is 23.1 Å². The van der Waals surface area contributed by atoms with Crippen LogP contribution in [0.25, 0.3) is 11.3 Å². The van der Waals surface area contributed by atoms with Gasteiger partial charge in [0.1, 0.15) is 0 Å². The highest BCUT2D eigenvalue weighted by atomic mass is 32.1. The Morgan fingerprint density at radius 2 is 1.85 bits per heavy atom. The molecule has 5 heteroatoms. The number of amides is 1. The van der Waals surface area contributed by atoms with Gasteiger partial charge >= 0.3 is 0 Å². The van der Waals surface area contributed by atoms with E-state index in [4.69, 9.17) is 4.98 Å². The van der Waals surface area contributed by atoms with Crippen molar-refractivity contribution in [2.24, 2.45) is 0 Å². The average Bonchev–Trinajstić information content (AvgIpc) is 2.98. The van der Waals surface area contributed by atoms with Crippen molar-refractivity contribution in [2.45, 2.75) is 6.92 Å². The van der Waals surface area contributed by atoms with Crippen LogP contribution in [0.5, 0.6) is 0 Å². The molecule has 0 saturated carbocycles. The first-order valence-corrected chi connectivity index (χ1v) is 7.63. The minimum absolute atomic E-state index is 0.161. The Bertz CT molecular complexity index is 588. The fraction of sp³-hybridized carbons (Fsp3) is 0.333. The minimum atomic E-state index is 0.161. The summed E-state index contributed by atoms with van der Waals surface area (Å²) in [6, 6.07) is 10.2. The molecule has 4 nitrogen and oxygen atoms in total. The maximum Gasteiger partial charge on any atom is 0.219 e. The highest BCUT2D eigenvalue weighted by molar-refractivity contribution is 7.14. The second-order valence-corrected chi connectivity index (χ2v) is 5.71. The molecule has 1 aliphatic heterocycles. The number of aromatic nitrogens is 1. The van der Waals surface area contributed by atoms with E-state index < -0.39 is 0 Å². The molecule has 3 rings (SSSR count). The van der Waals surface area contributed by atoms with Crippen molar-refractivity contribution in [1.82, 2.24) is 9.88 Å². The van der Waals surface area contributed by atoms with E-state index in [-0.39, 0.29) is 5.91 Å². The molecule has 1 aromatic heterocycles. The zero-order chi connectivity index (χ0) is 13.9. The van der Waals surface area contributed by atoms with Crippen LogP contribution in [0.4, 0.5) is 5.13 Å². The van der Waals surface area contributed by atoms with Gasteiger partial charge in [0.15, 0.2) is 5.13 Å². The number of thiazole rings is 1. The molecule has 2 heterocycles. The summed E-state index contributed by atoms with van der Waals surface area (Å²) in [5.41, 5.74) is 2.18. The zero-order valence-corrected chi connectivity index (χ0v) is 12.3. The lowest BCUT2D eigenvalue weighted by atomic mass is 10.2. The number of carbonyl (C=O) groups excluding carboxylic acids is 1. The van der Waals surface area contributed by atoms with Crippen LogP contribution >= 0.6 is 11.3 Å². The van der Waals surface area contributed by atoms with E-state index in [1.54, 1.807) is 18.3 Å². The van der Waals surface area contributed by atoms with Gasteiger partial charge in [-0.3, -0.25) is 4.79 Å². The van der Waals surface area contributed by atoms with Crippen LogP contribution in [0.15, 0.2) is 35.7 Å². The summed E-state index contributed by atoms with van der Waals surface area (Å²) < 4.78 is 0. The number of piperazine rings is 1. The van der Waals surface area contributed by atoms with Gasteiger partial charge in [0.2, 0.25) is 5.91 Å². The first kappa shape index (κ1) is 13.1. The fourth-order valence-corrected chi connectivity index (χ4v) is 3.25. The first-order valence-electron chi connectivity index (χ1n) is 6.75. The molecular weight excluding hydrogens is 270 g/mol. The molecule has 2 aromatic rings. The third-order valence-corrected chi connectivity index (χ3v) is 4.46. The molecule has 1 aliphatic rings. The van der Waals surface area contributed by atoms with Gasteiger partial charge in [-0.05, 0) is 0 Å². The Balaban J connectivity index is 1.71. The quantitative estimate of drug-likeness (QED) is 0.851. The summed E-state index contributed by atoms with van der Waals surface area (Å²) in [5.74, 6) is 0.161. The maximum absolute atomic E-state index is 11.3. The predicted molar refractivity (Wildman–Crippen MR) is 82.0 cm³/mol. The van der Waals surface area contributed by atoms with Crippen LogP contribution in [0, 0.1) is 0 Å². The fourth-order valence-electron chi connectivity index (χ4n) is 2.36. The number of hydrogen-bond donors (Lipinski definition) is 0. The number of nitrogens with zero attached hydrogens (tertiary/aromatic N) is 3. The zero-order valence-electron chi connectivity index (χ0n) is 11.5. The molecule has 0 N–H and O–H groups in total. The molecule has 0 aliphatic carbocycles. The number of carbonyl (C=O) groups is 1. The van der Waals surface area contributed by atoms with Gasteiger partial charge in [-0.15, -0.1) is 11.3 Å². The third kappa shape index (κ3) is 2.67. The molecular formula is C15H17N3OS. The van der Waals surface area contributed by atoms with Gasteiger partial charge in [-0.1, -0.05) is 30.3 Å². The van der Waals surface area contributed by atoms with Crippen molar-refractivity contribution >= 4 is 22.4 Å². The van der Waals surface area contributed by atoms with Crippen LogP contribution in [0.2, 0.25) is 0 Å². The molecule has 104 valence electrons. The van der Waals surface area contributed by atoms with Crippen LogP contribution in [0.1, 0.15) is 6.92 Å². The molecule has 20 heavy (non-hydrogen) atoms. The van der Waals surface area contributed by atoms with Gasteiger partial charge in [-0.25, -0.2) is 4.98 Å². The summed E-state index contributed by atoms with van der Waals surface area (Å²) in [6.07, 6.45) is 0. The van der Waals surface area contributed by atoms with Gasteiger partial charge < -0.3 is 9.80 Å². The number of hydrogen-bond acceptors (Lipinski definition) is 4. The van der Waals surface area contributed by atoms with E-state index in [2.05, 4.69) is 22.4 Å². The van der Waals surface area contributed by atoms with Crippen molar-refractivity contribution in [3.8, 4) is 11.3 Å². The largest absolute Gasteiger partial charge is 0.345 e. The normalized spacial score (nSPS) is 15.4. The molecule has 0 spiro atoms. The van der Waals surface area contributed by atoms with E-state index >= 15 is 0 Å². The van der Waals surface area contributed by atoms with E-state index in [0.717, 1.165) is 42.6 Å². The minimum Gasteiger partial charge on any atom is -0.345 e. The van der Waals surface area contributed by atoms with E-state index in [9.17, 15) is 4.79 Å². The summed E-state index contributed by atoms with van der Waals surface area (Å²) in [5, 5.41) is 3.15. The van der Waals surface area contributed by atoms with Crippen molar-refractivity contribution in [1.29, 1.82) is 0 Å². The molecule has 1 amide bonds. The second-order valence-electron chi connectivity index (χ2n) is 4.87. The molecule has 0 atom stereocenters. The summed E-state index contributed by atoms with van der Waals surface area (Å²) >= 11 is 1.67. The lowest BCUT2D eigenvalue weighted by molar-refractivity contribution is -0.129. The Morgan fingerprint density at radius 3 is 2.50 bits per heavy atom. The molecule has 0 radical (unpaired) electrons. The standard InChI is InChI=1S/C15H17N3OS/c1-12(19)17-7-9-18(10-8-17)15-16-14(11-20-15)13-5-3-2-4-6-13/h2-6,11H,7-10H2,1H3. The molecule has 1 fully saturated rings. The Labute approximate surface area is 122 Å². The molecule has 0 bridgehead atoms. The summed E-state index contributed by atoms with van der Waals surface area (Å²) in [4.78, 5) is 20.2. The smallest absolute Gasteiger partial charge is 0.219 e. The second kappa shape index (κ2) is 5.63. The highest BCUT2D eigenvalue weighted by Gasteiger charge is 2.20. The lowest BCUT2D eigenvalue weighted by Gasteiger charge is -2.33. The monoisotopic (exact) mass is 287 g/mol. The highest BCUT2D eigenvalue weighted by Crippen LogP contribution is 2.27. The first-order chi connectivity index (χ1) is 9.74. The van der Waals surface area contributed by atoms with E-state index in [0.29, 0.717) is 0 Å². The van der Waals surface area contributed by atoms with Crippen molar-refractivity contribution in [3.63, 3.8) is 0 Å². The van der Waals surface area contributed by atoms with Crippen molar-refractivity contribution < 1.29 is 4.79 Å². The van der Waals surface area contributed by atoms with E-state index in [1.165, 1.54) is 0 Å². The molecule has 1 saturated heterocycles. The average molecular weight is 287 g/mol.